The lowest BCUT2D eigenvalue weighted by molar-refractivity contribution is 0.237. The van der Waals surface area contributed by atoms with Gasteiger partial charge in [-0.05, 0) is 31.2 Å². The second kappa shape index (κ2) is 5.22. The van der Waals surface area contributed by atoms with Crippen LogP contribution >= 0.6 is 0 Å². The summed E-state index contributed by atoms with van der Waals surface area (Å²) in [6, 6.07) is 1.96. The summed E-state index contributed by atoms with van der Waals surface area (Å²) in [4.78, 5) is 11.4. The molecule has 4 nitrogen and oxygen atoms in total. The fraction of sp³-hybridized carbons (Fsp3) is 0.714. The minimum atomic E-state index is 0.483. The van der Waals surface area contributed by atoms with E-state index in [4.69, 9.17) is 5.73 Å². The van der Waals surface area contributed by atoms with Gasteiger partial charge in [-0.15, -0.1) is 0 Å². The Morgan fingerprint density at radius 3 is 2.56 bits per heavy atom. The van der Waals surface area contributed by atoms with Crippen molar-refractivity contribution in [1.29, 1.82) is 0 Å². The summed E-state index contributed by atoms with van der Waals surface area (Å²) < 4.78 is 0. The molecule has 0 amide bonds. The predicted molar refractivity (Wildman–Crippen MR) is 74.5 cm³/mol. The molecule has 1 aromatic heterocycles. The molecule has 0 aliphatic carbocycles. The molecule has 0 saturated carbocycles. The van der Waals surface area contributed by atoms with E-state index in [1.165, 1.54) is 19.3 Å². The maximum atomic E-state index is 5.67. The largest absolute Gasteiger partial charge is 0.341 e. The van der Waals surface area contributed by atoms with Crippen molar-refractivity contribution >= 4 is 5.95 Å². The molecule has 1 fully saturated rings. The van der Waals surface area contributed by atoms with E-state index in [1.54, 1.807) is 0 Å². The van der Waals surface area contributed by atoms with Crippen molar-refractivity contribution in [1.82, 2.24) is 9.97 Å². The average molecular weight is 248 g/mol. The van der Waals surface area contributed by atoms with Crippen molar-refractivity contribution in [2.45, 2.75) is 46.6 Å². The second-order valence-corrected chi connectivity index (χ2v) is 5.66. The second-order valence-electron chi connectivity index (χ2n) is 5.66. The van der Waals surface area contributed by atoms with Gasteiger partial charge >= 0.3 is 0 Å². The molecule has 0 aromatic carbocycles. The average Bonchev–Trinajstić information content (AvgIpc) is 2.39. The number of aromatic nitrogens is 2. The molecule has 1 aliphatic heterocycles. The van der Waals surface area contributed by atoms with E-state index in [0.717, 1.165) is 30.4 Å². The van der Waals surface area contributed by atoms with Gasteiger partial charge in [0.1, 0.15) is 0 Å². The van der Waals surface area contributed by atoms with E-state index in [9.17, 15) is 0 Å². The van der Waals surface area contributed by atoms with Crippen LogP contribution in [-0.2, 0) is 6.54 Å². The highest BCUT2D eigenvalue weighted by molar-refractivity contribution is 5.33. The van der Waals surface area contributed by atoms with Gasteiger partial charge in [0.2, 0.25) is 5.95 Å². The van der Waals surface area contributed by atoms with Crippen molar-refractivity contribution in [2.24, 2.45) is 11.1 Å². The molecule has 18 heavy (non-hydrogen) atoms. The standard InChI is InChI=1S/C14H24N4/c1-4-14(3)5-7-18(8-6-14)13-16-11(2)9-12(10-15)17-13/h9H,4-8,10,15H2,1-3H3. The van der Waals surface area contributed by atoms with Crippen LogP contribution in [0.2, 0.25) is 0 Å². The van der Waals surface area contributed by atoms with E-state index >= 15 is 0 Å². The minimum absolute atomic E-state index is 0.483. The Kier molecular flexibility index (Phi) is 3.85. The highest BCUT2D eigenvalue weighted by Gasteiger charge is 2.29. The summed E-state index contributed by atoms with van der Waals surface area (Å²) in [7, 11) is 0. The summed E-state index contributed by atoms with van der Waals surface area (Å²) >= 11 is 0. The van der Waals surface area contributed by atoms with Crippen molar-refractivity contribution in [2.75, 3.05) is 18.0 Å². The minimum Gasteiger partial charge on any atom is -0.341 e. The molecule has 0 radical (unpaired) electrons. The van der Waals surface area contributed by atoms with Gasteiger partial charge in [0, 0.05) is 25.3 Å². The van der Waals surface area contributed by atoms with E-state index < -0.39 is 0 Å². The van der Waals surface area contributed by atoms with Gasteiger partial charge in [0.05, 0.1) is 5.69 Å². The molecule has 2 heterocycles. The Labute approximate surface area is 110 Å². The van der Waals surface area contributed by atoms with Gasteiger partial charge in [-0.3, -0.25) is 0 Å². The van der Waals surface area contributed by atoms with Crippen molar-refractivity contribution in [3.63, 3.8) is 0 Å². The van der Waals surface area contributed by atoms with Gasteiger partial charge < -0.3 is 10.6 Å². The molecule has 1 saturated heterocycles. The van der Waals surface area contributed by atoms with Crippen LogP contribution in [0.3, 0.4) is 0 Å². The van der Waals surface area contributed by atoms with Crippen molar-refractivity contribution in [3.8, 4) is 0 Å². The van der Waals surface area contributed by atoms with Crippen molar-refractivity contribution < 1.29 is 0 Å². The van der Waals surface area contributed by atoms with E-state index in [0.29, 0.717) is 12.0 Å². The first kappa shape index (κ1) is 13.3. The van der Waals surface area contributed by atoms with Crippen LogP contribution in [0.5, 0.6) is 0 Å². The summed E-state index contributed by atoms with van der Waals surface area (Å²) in [5.74, 6) is 0.855. The van der Waals surface area contributed by atoms with Gasteiger partial charge in [-0.1, -0.05) is 20.3 Å². The van der Waals surface area contributed by atoms with Gasteiger partial charge in [0.25, 0.3) is 0 Å². The first-order chi connectivity index (χ1) is 8.56. The number of hydrogen-bond acceptors (Lipinski definition) is 4. The van der Waals surface area contributed by atoms with Crippen LogP contribution in [0.25, 0.3) is 0 Å². The molecule has 100 valence electrons. The molecule has 0 unspecified atom stereocenters. The van der Waals surface area contributed by atoms with Crippen LogP contribution in [0, 0.1) is 12.3 Å². The van der Waals surface area contributed by atoms with Gasteiger partial charge in [-0.25, -0.2) is 9.97 Å². The molecule has 0 atom stereocenters. The lowest BCUT2D eigenvalue weighted by Crippen LogP contribution is -2.39. The third kappa shape index (κ3) is 2.80. The number of nitrogens with zero attached hydrogens (tertiary/aromatic N) is 3. The SMILES string of the molecule is CCC1(C)CCN(c2nc(C)cc(CN)n2)CC1. The summed E-state index contributed by atoms with van der Waals surface area (Å²) in [5.41, 5.74) is 8.11. The maximum absolute atomic E-state index is 5.67. The topological polar surface area (TPSA) is 55.0 Å². The zero-order chi connectivity index (χ0) is 13.2. The van der Waals surface area contributed by atoms with Crippen LogP contribution in [0.4, 0.5) is 5.95 Å². The normalized spacial score (nSPS) is 19.0. The van der Waals surface area contributed by atoms with E-state index in [2.05, 4.69) is 28.7 Å². The first-order valence-electron chi connectivity index (χ1n) is 6.86. The molecule has 0 bridgehead atoms. The zero-order valence-corrected chi connectivity index (χ0v) is 11.7. The Morgan fingerprint density at radius 2 is 2.00 bits per heavy atom. The number of aryl methyl sites for hydroxylation is 1. The number of rotatable bonds is 3. The molecular formula is C14H24N4. The van der Waals surface area contributed by atoms with Crippen LogP contribution < -0.4 is 10.6 Å². The Hall–Kier alpha value is -1.16. The van der Waals surface area contributed by atoms with Gasteiger partial charge in [0.15, 0.2) is 0 Å². The lowest BCUT2D eigenvalue weighted by Gasteiger charge is -2.39. The number of nitrogens with two attached hydrogens (primary N) is 1. The maximum Gasteiger partial charge on any atom is 0.225 e. The predicted octanol–water partition coefficient (Wildman–Crippen LogP) is 2.26. The summed E-state index contributed by atoms with van der Waals surface area (Å²) in [6.07, 6.45) is 3.70. The summed E-state index contributed by atoms with van der Waals surface area (Å²) in [6.45, 7) is 9.26. The molecule has 0 spiro atoms. The molecule has 2 rings (SSSR count). The molecule has 1 aromatic rings. The van der Waals surface area contributed by atoms with Gasteiger partial charge in [-0.2, -0.15) is 0 Å². The smallest absolute Gasteiger partial charge is 0.225 e. The van der Waals surface area contributed by atoms with E-state index in [-0.39, 0.29) is 0 Å². The molecule has 2 N–H and O–H groups in total. The van der Waals surface area contributed by atoms with Crippen LogP contribution in [-0.4, -0.2) is 23.1 Å². The summed E-state index contributed by atoms with van der Waals surface area (Å²) in [5, 5.41) is 0. The fourth-order valence-electron chi connectivity index (χ4n) is 2.46. The third-order valence-electron chi connectivity index (χ3n) is 4.21. The number of anilines is 1. The molecule has 1 aliphatic rings. The van der Waals surface area contributed by atoms with Crippen molar-refractivity contribution in [3.05, 3.63) is 17.5 Å². The fourth-order valence-corrected chi connectivity index (χ4v) is 2.46. The number of piperidine rings is 1. The van der Waals surface area contributed by atoms with Crippen LogP contribution in [0.15, 0.2) is 6.07 Å². The Bertz CT molecular complexity index is 408. The lowest BCUT2D eigenvalue weighted by atomic mass is 9.78. The highest BCUT2D eigenvalue weighted by atomic mass is 15.3. The first-order valence-corrected chi connectivity index (χ1v) is 6.86. The Morgan fingerprint density at radius 1 is 1.33 bits per heavy atom. The third-order valence-corrected chi connectivity index (χ3v) is 4.21. The zero-order valence-electron chi connectivity index (χ0n) is 11.7. The highest BCUT2D eigenvalue weighted by Crippen LogP contribution is 2.34. The Balaban J connectivity index is 2.12. The monoisotopic (exact) mass is 248 g/mol. The quantitative estimate of drug-likeness (QED) is 0.891. The molecule has 4 heteroatoms. The molecular weight excluding hydrogens is 224 g/mol. The van der Waals surface area contributed by atoms with Crippen LogP contribution in [0.1, 0.15) is 44.5 Å². The van der Waals surface area contributed by atoms with E-state index in [1.807, 2.05) is 13.0 Å². The number of hydrogen-bond donors (Lipinski definition) is 1.